The predicted octanol–water partition coefficient (Wildman–Crippen LogP) is 4.06. The molecular weight excluding hydrogens is 371 g/mol. The van der Waals surface area contributed by atoms with Gasteiger partial charge in [0.05, 0.1) is 29.3 Å². The lowest BCUT2D eigenvalue weighted by atomic mass is 10.1. The SMILES string of the molecule is O=C(Nc1cccnc1)c1cnc2ccc(-c3cccc(C(F)(F)F)c3)nn12. The van der Waals surface area contributed by atoms with Crippen LogP contribution in [0.15, 0.2) is 67.1 Å². The molecule has 0 saturated carbocycles. The molecule has 1 aromatic carbocycles. The van der Waals surface area contributed by atoms with E-state index in [1.165, 1.54) is 29.0 Å². The van der Waals surface area contributed by atoms with E-state index in [1.807, 2.05) is 0 Å². The average Bonchev–Trinajstić information content (AvgIpc) is 3.11. The van der Waals surface area contributed by atoms with Crippen molar-refractivity contribution in [3.63, 3.8) is 0 Å². The molecule has 3 aromatic heterocycles. The van der Waals surface area contributed by atoms with Crippen LogP contribution in [0.3, 0.4) is 0 Å². The standard InChI is InChI=1S/C19H12F3N5O/c20-19(21,22)13-4-1-3-12(9-13)15-6-7-17-24-11-16(27(17)26-15)18(28)25-14-5-2-8-23-10-14/h1-11H,(H,25,28). The summed E-state index contributed by atoms with van der Waals surface area (Å²) in [4.78, 5) is 20.6. The highest BCUT2D eigenvalue weighted by molar-refractivity contribution is 6.03. The normalized spacial score (nSPS) is 11.5. The number of anilines is 1. The second-order valence-electron chi connectivity index (χ2n) is 5.91. The van der Waals surface area contributed by atoms with Crippen LogP contribution in [-0.2, 0) is 6.18 Å². The van der Waals surface area contributed by atoms with Crippen LogP contribution >= 0.6 is 0 Å². The summed E-state index contributed by atoms with van der Waals surface area (Å²) in [5.74, 6) is -0.464. The van der Waals surface area contributed by atoms with Gasteiger partial charge in [0.25, 0.3) is 5.91 Å². The maximum absolute atomic E-state index is 13.0. The van der Waals surface area contributed by atoms with Crippen LogP contribution in [0.1, 0.15) is 16.1 Å². The van der Waals surface area contributed by atoms with Crippen LogP contribution in [0.4, 0.5) is 18.9 Å². The lowest BCUT2D eigenvalue weighted by molar-refractivity contribution is -0.137. The minimum atomic E-state index is -4.45. The van der Waals surface area contributed by atoms with Gasteiger partial charge < -0.3 is 5.32 Å². The number of pyridine rings is 1. The number of imidazole rings is 1. The molecule has 28 heavy (non-hydrogen) atoms. The molecule has 3 heterocycles. The molecule has 0 aliphatic rings. The van der Waals surface area contributed by atoms with Gasteiger partial charge in [0.2, 0.25) is 0 Å². The molecule has 0 aliphatic carbocycles. The van der Waals surface area contributed by atoms with E-state index < -0.39 is 17.6 Å². The van der Waals surface area contributed by atoms with Gasteiger partial charge in [-0.3, -0.25) is 9.78 Å². The van der Waals surface area contributed by atoms with E-state index in [-0.39, 0.29) is 17.0 Å². The summed E-state index contributed by atoms with van der Waals surface area (Å²) in [5.41, 5.74) is 0.833. The zero-order valence-electron chi connectivity index (χ0n) is 14.2. The summed E-state index contributed by atoms with van der Waals surface area (Å²) in [7, 11) is 0. The molecule has 0 aliphatic heterocycles. The molecule has 4 aromatic rings. The number of carbonyl (C=O) groups excluding carboxylic acids is 1. The third-order valence-corrected chi connectivity index (χ3v) is 4.00. The number of aromatic nitrogens is 4. The Labute approximate surface area is 156 Å². The number of hydrogen-bond acceptors (Lipinski definition) is 4. The Bertz CT molecular complexity index is 1160. The van der Waals surface area contributed by atoms with Crippen molar-refractivity contribution in [1.82, 2.24) is 19.6 Å². The number of alkyl halides is 3. The van der Waals surface area contributed by atoms with Crippen LogP contribution in [-0.4, -0.2) is 25.5 Å². The Morgan fingerprint density at radius 1 is 1.04 bits per heavy atom. The van der Waals surface area contributed by atoms with Gasteiger partial charge in [-0.2, -0.15) is 18.3 Å². The Balaban J connectivity index is 1.72. The first-order chi connectivity index (χ1) is 13.4. The van der Waals surface area contributed by atoms with Crippen LogP contribution < -0.4 is 5.32 Å². The molecule has 1 N–H and O–H groups in total. The van der Waals surface area contributed by atoms with E-state index >= 15 is 0 Å². The van der Waals surface area contributed by atoms with Gasteiger partial charge in [0, 0.05) is 11.8 Å². The first-order valence-electron chi connectivity index (χ1n) is 8.15. The number of hydrogen-bond donors (Lipinski definition) is 1. The Morgan fingerprint density at radius 2 is 1.89 bits per heavy atom. The molecule has 0 fully saturated rings. The fraction of sp³-hybridized carbons (Fsp3) is 0.0526. The summed E-state index contributed by atoms with van der Waals surface area (Å²) in [6.07, 6.45) is -0.0385. The van der Waals surface area contributed by atoms with E-state index in [2.05, 4.69) is 20.4 Å². The van der Waals surface area contributed by atoms with E-state index in [0.29, 0.717) is 11.3 Å². The van der Waals surface area contributed by atoms with Gasteiger partial charge in [-0.25, -0.2) is 9.50 Å². The number of nitrogens with zero attached hydrogens (tertiary/aromatic N) is 4. The summed E-state index contributed by atoms with van der Waals surface area (Å²) in [6, 6.07) is 11.3. The van der Waals surface area contributed by atoms with E-state index in [1.54, 1.807) is 30.5 Å². The molecule has 0 unspecified atom stereocenters. The molecule has 0 bridgehead atoms. The highest BCUT2D eigenvalue weighted by atomic mass is 19.4. The number of rotatable bonds is 3. The molecule has 0 atom stereocenters. The van der Waals surface area contributed by atoms with Gasteiger partial charge in [-0.1, -0.05) is 12.1 Å². The molecule has 9 heteroatoms. The molecule has 4 rings (SSSR count). The second kappa shape index (κ2) is 6.76. The van der Waals surface area contributed by atoms with Gasteiger partial charge in [0.15, 0.2) is 11.3 Å². The molecule has 1 amide bonds. The number of carbonyl (C=O) groups is 1. The largest absolute Gasteiger partial charge is 0.416 e. The highest BCUT2D eigenvalue weighted by Crippen LogP contribution is 2.31. The number of fused-ring (bicyclic) bond motifs is 1. The Kier molecular flexibility index (Phi) is 4.26. The maximum Gasteiger partial charge on any atom is 0.416 e. The molecule has 140 valence electrons. The van der Waals surface area contributed by atoms with Gasteiger partial charge >= 0.3 is 6.18 Å². The molecular formula is C19H12F3N5O. The van der Waals surface area contributed by atoms with Crippen LogP contribution in [0.2, 0.25) is 0 Å². The minimum absolute atomic E-state index is 0.146. The summed E-state index contributed by atoms with van der Waals surface area (Å²) >= 11 is 0. The van der Waals surface area contributed by atoms with E-state index in [4.69, 9.17) is 0 Å². The first-order valence-corrected chi connectivity index (χ1v) is 8.15. The summed E-state index contributed by atoms with van der Waals surface area (Å²) in [5, 5.41) is 6.98. The topological polar surface area (TPSA) is 72.2 Å². The molecule has 0 spiro atoms. The van der Waals surface area contributed by atoms with Crippen LogP contribution in [0.5, 0.6) is 0 Å². The van der Waals surface area contributed by atoms with Crippen LogP contribution in [0, 0.1) is 0 Å². The van der Waals surface area contributed by atoms with Crippen molar-refractivity contribution in [3.8, 4) is 11.3 Å². The van der Waals surface area contributed by atoms with Crippen molar-refractivity contribution in [3.05, 3.63) is 78.4 Å². The van der Waals surface area contributed by atoms with Crippen LogP contribution in [0.25, 0.3) is 16.9 Å². The first kappa shape index (κ1) is 17.7. The fourth-order valence-electron chi connectivity index (χ4n) is 2.67. The summed E-state index contributed by atoms with van der Waals surface area (Å²) in [6.45, 7) is 0. The predicted molar refractivity (Wildman–Crippen MR) is 95.6 cm³/mol. The van der Waals surface area contributed by atoms with Crippen molar-refractivity contribution >= 4 is 17.2 Å². The van der Waals surface area contributed by atoms with Gasteiger partial charge in [0.1, 0.15) is 0 Å². The monoisotopic (exact) mass is 383 g/mol. The molecule has 0 saturated heterocycles. The number of amides is 1. The van der Waals surface area contributed by atoms with Crippen molar-refractivity contribution in [2.45, 2.75) is 6.18 Å². The van der Waals surface area contributed by atoms with Crippen molar-refractivity contribution in [2.24, 2.45) is 0 Å². The fourth-order valence-corrected chi connectivity index (χ4v) is 2.67. The zero-order chi connectivity index (χ0) is 19.7. The average molecular weight is 383 g/mol. The summed E-state index contributed by atoms with van der Waals surface area (Å²) < 4.78 is 40.2. The second-order valence-corrected chi connectivity index (χ2v) is 5.91. The quantitative estimate of drug-likeness (QED) is 0.579. The van der Waals surface area contributed by atoms with E-state index in [9.17, 15) is 18.0 Å². The number of halogens is 3. The molecule has 0 radical (unpaired) electrons. The smallest absolute Gasteiger partial charge is 0.319 e. The van der Waals surface area contributed by atoms with Gasteiger partial charge in [-0.05, 0) is 36.4 Å². The van der Waals surface area contributed by atoms with Crippen molar-refractivity contribution in [1.29, 1.82) is 0 Å². The number of benzene rings is 1. The lowest BCUT2D eigenvalue weighted by Crippen LogP contribution is -2.15. The third-order valence-electron chi connectivity index (χ3n) is 4.00. The Hall–Kier alpha value is -3.75. The number of nitrogens with one attached hydrogen (secondary N) is 1. The maximum atomic E-state index is 13.0. The third kappa shape index (κ3) is 3.41. The van der Waals surface area contributed by atoms with Crippen molar-refractivity contribution < 1.29 is 18.0 Å². The Morgan fingerprint density at radius 3 is 2.64 bits per heavy atom. The lowest BCUT2D eigenvalue weighted by Gasteiger charge is -2.09. The molecule has 6 nitrogen and oxygen atoms in total. The zero-order valence-corrected chi connectivity index (χ0v) is 14.2. The highest BCUT2D eigenvalue weighted by Gasteiger charge is 2.30. The minimum Gasteiger partial charge on any atom is -0.319 e. The van der Waals surface area contributed by atoms with Gasteiger partial charge in [-0.15, -0.1) is 0 Å². The van der Waals surface area contributed by atoms with E-state index in [0.717, 1.165) is 12.1 Å². The van der Waals surface area contributed by atoms with Crippen molar-refractivity contribution in [2.75, 3.05) is 5.32 Å².